The summed E-state index contributed by atoms with van der Waals surface area (Å²) in [6.45, 7) is 2.79. The van der Waals surface area contributed by atoms with Crippen LogP contribution in [0.15, 0.2) is 59.1 Å². The standard InChI is InChI=1S/C21H21N3O4S3/c1-15-13-16(4-5-18(15)28-17-3-2-7-22-14-17)23-21(25)20-19(6-10-30-20)31(26,27)24-8-11-29-12-9-24/h2-7,10,13-14H,8-9,11-12H2,1H3,(H,23,25). The zero-order chi connectivity index (χ0) is 21.8. The number of carbonyl (C=O) groups excluding carboxylic acids is 1. The fourth-order valence-electron chi connectivity index (χ4n) is 3.16. The van der Waals surface area contributed by atoms with Crippen molar-refractivity contribution in [2.24, 2.45) is 0 Å². The van der Waals surface area contributed by atoms with Crippen LogP contribution in [0.5, 0.6) is 11.5 Å². The van der Waals surface area contributed by atoms with Gasteiger partial charge in [0.05, 0.1) is 6.20 Å². The van der Waals surface area contributed by atoms with Gasteiger partial charge in [-0.2, -0.15) is 16.1 Å². The van der Waals surface area contributed by atoms with E-state index in [1.54, 1.807) is 53.8 Å². The second-order valence-electron chi connectivity index (χ2n) is 6.86. The fourth-order valence-corrected chi connectivity index (χ4v) is 7.03. The summed E-state index contributed by atoms with van der Waals surface area (Å²) in [5.41, 5.74) is 1.39. The van der Waals surface area contributed by atoms with Crippen molar-refractivity contribution in [1.82, 2.24) is 9.29 Å². The number of benzene rings is 1. The van der Waals surface area contributed by atoms with Gasteiger partial charge in [-0.05, 0) is 54.3 Å². The monoisotopic (exact) mass is 475 g/mol. The zero-order valence-electron chi connectivity index (χ0n) is 16.8. The van der Waals surface area contributed by atoms with Gasteiger partial charge in [-0.25, -0.2) is 8.42 Å². The zero-order valence-corrected chi connectivity index (χ0v) is 19.2. The molecule has 1 saturated heterocycles. The van der Waals surface area contributed by atoms with Gasteiger partial charge in [0.1, 0.15) is 21.3 Å². The van der Waals surface area contributed by atoms with E-state index in [2.05, 4.69) is 10.3 Å². The van der Waals surface area contributed by atoms with Gasteiger partial charge >= 0.3 is 0 Å². The molecule has 1 aliphatic heterocycles. The van der Waals surface area contributed by atoms with Crippen LogP contribution in [-0.2, 0) is 10.0 Å². The van der Waals surface area contributed by atoms with Gasteiger partial charge in [-0.1, -0.05) is 0 Å². The van der Waals surface area contributed by atoms with E-state index >= 15 is 0 Å². The first kappa shape index (κ1) is 21.8. The number of rotatable bonds is 6. The molecule has 0 unspecified atom stereocenters. The van der Waals surface area contributed by atoms with Crippen molar-refractivity contribution in [3.05, 3.63) is 64.6 Å². The number of thiophene rings is 1. The predicted octanol–water partition coefficient (Wildman–Crippen LogP) is 4.23. The van der Waals surface area contributed by atoms with Crippen molar-refractivity contribution in [2.45, 2.75) is 11.8 Å². The van der Waals surface area contributed by atoms with Gasteiger partial charge in [-0.3, -0.25) is 9.78 Å². The first-order valence-corrected chi connectivity index (χ1v) is 13.1. The lowest BCUT2D eigenvalue weighted by molar-refractivity contribution is 0.102. The molecule has 4 rings (SSSR count). The third-order valence-corrected chi connectivity index (χ3v) is 8.64. The molecule has 3 aromatic rings. The summed E-state index contributed by atoms with van der Waals surface area (Å²) in [4.78, 5) is 17.2. The first-order valence-electron chi connectivity index (χ1n) is 9.60. The predicted molar refractivity (Wildman–Crippen MR) is 124 cm³/mol. The molecule has 1 aromatic carbocycles. The van der Waals surface area contributed by atoms with E-state index in [-0.39, 0.29) is 9.77 Å². The number of amides is 1. The molecule has 0 spiro atoms. The van der Waals surface area contributed by atoms with Crippen molar-refractivity contribution in [3.63, 3.8) is 0 Å². The molecule has 0 atom stereocenters. The quantitative estimate of drug-likeness (QED) is 0.574. The van der Waals surface area contributed by atoms with Crippen LogP contribution >= 0.6 is 23.1 Å². The van der Waals surface area contributed by atoms with Crippen LogP contribution in [0, 0.1) is 6.92 Å². The van der Waals surface area contributed by atoms with Gasteiger partial charge in [-0.15, -0.1) is 11.3 Å². The molecular formula is C21H21N3O4S3. The summed E-state index contributed by atoms with van der Waals surface area (Å²) in [5, 5.41) is 4.44. The van der Waals surface area contributed by atoms with Crippen molar-refractivity contribution in [1.29, 1.82) is 0 Å². The molecule has 1 N–H and O–H groups in total. The molecule has 0 radical (unpaired) electrons. The minimum atomic E-state index is -3.69. The van der Waals surface area contributed by atoms with E-state index in [1.165, 1.54) is 10.4 Å². The van der Waals surface area contributed by atoms with E-state index in [4.69, 9.17) is 4.74 Å². The third kappa shape index (κ3) is 4.93. The number of nitrogens with zero attached hydrogens (tertiary/aromatic N) is 2. The summed E-state index contributed by atoms with van der Waals surface area (Å²) in [6.07, 6.45) is 3.29. The average molecular weight is 476 g/mol. The van der Waals surface area contributed by atoms with Gasteiger partial charge < -0.3 is 10.1 Å². The highest BCUT2D eigenvalue weighted by Crippen LogP contribution is 2.30. The SMILES string of the molecule is Cc1cc(NC(=O)c2sccc2S(=O)(=O)N2CCSCC2)ccc1Oc1cccnc1. The Bertz CT molecular complexity index is 1170. The minimum Gasteiger partial charge on any atom is -0.455 e. The number of pyridine rings is 1. The lowest BCUT2D eigenvalue weighted by Gasteiger charge is -2.25. The van der Waals surface area contributed by atoms with E-state index in [0.29, 0.717) is 30.3 Å². The highest BCUT2D eigenvalue weighted by Gasteiger charge is 2.31. The second-order valence-corrected chi connectivity index (χ2v) is 10.9. The molecule has 7 nitrogen and oxygen atoms in total. The number of thioether (sulfide) groups is 1. The number of nitrogens with one attached hydrogen (secondary N) is 1. The van der Waals surface area contributed by atoms with Crippen molar-refractivity contribution in [3.8, 4) is 11.5 Å². The number of sulfonamides is 1. The summed E-state index contributed by atoms with van der Waals surface area (Å²) >= 11 is 2.85. The molecular weight excluding hydrogens is 454 g/mol. The normalized spacial score (nSPS) is 14.9. The second kappa shape index (κ2) is 9.39. The van der Waals surface area contributed by atoms with Crippen LogP contribution in [0.4, 0.5) is 5.69 Å². The highest BCUT2D eigenvalue weighted by molar-refractivity contribution is 7.99. The molecule has 1 aliphatic rings. The average Bonchev–Trinajstić information content (AvgIpc) is 3.28. The molecule has 10 heteroatoms. The van der Waals surface area contributed by atoms with Crippen LogP contribution in [0.1, 0.15) is 15.2 Å². The maximum atomic E-state index is 13.0. The highest BCUT2D eigenvalue weighted by atomic mass is 32.2. The number of aromatic nitrogens is 1. The smallest absolute Gasteiger partial charge is 0.267 e. The van der Waals surface area contributed by atoms with Gasteiger partial charge in [0.25, 0.3) is 5.91 Å². The number of carbonyl (C=O) groups is 1. The fraction of sp³-hybridized carbons (Fsp3) is 0.238. The van der Waals surface area contributed by atoms with Crippen molar-refractivity contribution >= 4 is 44.7 Å². The maximum Gasteiger partial charge on any atom is 0.267 e. The molecule has 162 valence electrons. The Morgan fingerprint density at radius 3 is 2.71 bits per heavy atom. The molecule has 1 amide bonds. The Morgan fingerprint density at radius 1 is 1.19 bits per heavy atom. The molecule has 31 heavy (non-hydrogen) atoms. The topological polar surface area (TPSA) is 88.6 Å². The Balaban J connectivity index is 1.50. The first-order chi connectivity index (χ1) is 14.9. The number of anilines is 1. The van der Waals surface area contributed by atoms with E-state index in [1.807, 2.05) is 13.0 Å². The van der Waals surface area contributed by atoms with Gasteiger partial charge in [0, 0.05) is 36.5 Å². The largest absolute Gasteiger partial charge is 0.455 e. The molecule has 0 aliphatic carbocycles. The van der Waals surface area contributed by atoms with Crippen LogP contribution in [0.3, 0.4) is 0 Å². The summed E-state index contributed by atoms with van der Waals surface area (Å²) in [7, 11) is -3.69. The number of hydrogen-bond donors (Lipinski definition) is 1. The minimum absolute atomic E-state index is 0.0650. The summed E-state index contributed by atoms with van der Waals surface area (Å²) in [5.74, 6) is 2.34. The molecule has 0 bridgehead atoms. The van der Waals surface area contributed by atoms with E-state index < -0.39 is 15.9 Å². The maximum absolute atomic E-state index is 13.0. The lowest BCUT2D eigenvalue weighted by atomic mass is 10.2. The van der Waals surface area contributed by atoms with Crippen molar-refractivity contribution in [2.75, 3.05) is 29.9 Å². The summed E-state index contributed by atoms with van der Waals surface area (Å²) < 4.78 is 33.3. The Labute approximate surface area is 189 Å². The lowest BCUT2D eigenvalue weighted by Crippen LogP contribution is -2.38. The van der Waals surface area contributed by atoms with Crippen LogP contribution in [-0.4, -0.2) is 48.2 Å². The van der Waals surface area contributed by atoms with Gasteiger partial charge in [0.2, 0.25) is 10.0 Å². The van der Waals surface area contributed by atoms with Crippen LogP contribution < -0.4 is 10.1 Å². The number of hydrogen-bond acceptors (Lipinski definition) is 7. The van der Waals surface area contributed by atoms with Crippen molar-refractivity contribution < 1.29 is 17.9 Å². The number of ether oxygens (including phenoxy) is 1. The van der Waals surface area contributed by atoms with E-state index in [9.17, 15) is 13.2 Å². The Morgan fingerprint density at radius 2 is 2.00 bits per heavy atom. The third-order valence-electron chi connectivity index (χ3n) is 4.72. The molecule has 1 fully saturated rings. The van der Waals surface area contributed by atoms with E-state index in [0.717, 1.165) is 28.4 Å². The Hall–Kier alpha value is -2.40. The number of aryl methyl sites for hydroxylation is 1. The molecule has 2 aromatic heterocycles. The van der Waals surface area contributed by atoms with Crippen LogP contribution in [0.25, 0.3) is 0 Å². The van der Waals surface area contributed by atoms with Crippen LogP contribution in [0.2, 0.25) is 0 Å². The Kier molecular flexibility index (Phi) is 6.61. The molecule has 0 saturated carbocycles. The molecule has 3 heterocycles. The van der Waals surface area contributed by atoms with Gasteiger partial charge in [0.15, 0.2) is 0 Å². The summed E-state index contributed by atoms with van der Waals surface area (Å²) in [6, 6.07) is 10.4.